The fraction of sp³-hybridized carbons (Fsp3) is 0.200. The van der Waals surface area contributed by atoms with Gasteiger partial charge in [0.1, 0.15) is 10.9 Å². The topological polar surface area (TPSA) is 39.9 Å². The molecule has 0 aliphatic carbocycles. The number of methoxy groups -OCH3 is 1. The minimum Gasteiger partial charge on any atom is -0.497 e. The summed E-state index contributed by atoms with van der Waals surface area (Å²) in [5.41, 5.74) is 2.90. The Morgan fingerprint density at radius 3 is 2.60 bits per heavy atom. The van der Waals surface area contributed by atoms with Crippen molar-refractivity contribution in [2.24, 2.45) is 0 Å². The van der Waals surface area contributed by atoms with E-state index in [4.69, 9.17) is 16.3 Å². The van der Waals surface area contributed by atoms with E-state index in [0.29, 0.717) is 11.7 Å². The van der Waals surface area contributed by atoms with E-state index >= 15 is 0 Å². The molecule has 2 heterocycles. The summed E-state index contributed by atoms with van der Waals surface area (Å²) in [5.74, 6) is 0.844. The van der Waals surface area contributed by atoms with E-state index in [-0.39, 0.29) is 0 Å². The first-order chi connectivity index (χ1) is 9.67. The lowest BCUT2D eigenvalue weighted by Crippen LogP contribution is -2.03. The maximum absolute atomic E-state index is 5.97. The number of pyridine rings is 1. The molecule has 0 bridgehead atoms. The van der Waals surface area contributed by atoms with Crippen LogP contribution in [0.15, 0.2) is 36.4 Å². The molecule has 0 N–H and O–H groups in total. The smallest absolute Gasteiger partial charge is 0.160 e. The van der Waals surface area contributed by atoms with Gasteiger partial charge in [-0.15, -0.1) is 0 Å². The summed E-state index contributed by atoms with van der Waals surface area (Å²) in [6, 6.07) is 11.7. The molecule has 0 aliphatic heterocycles. The van der Waals surface area contributed by atoms with Crippen LogP contribution in [0.3, 0.4) is 0 Å². The number of rotatable bonds is 3. The van der Waals surface area contributed by atoms with Gasteiger partial charge in [0.05, 0.1) is 19.3 Å². The molecule has 0 saturated carbocycles. The highest BCUT2D eigenvalue weighted by atomic mass is 35.5. The van der Waals surface area contributed by atoms with E-state index in [0.717, 1.165) is 28.0 Å². The molecule has 102 valence electrons. The molecule has 3 aromatic rings. The second-order valence-corrected chi connectivity index (χ2v) is 4.98. The molecule has 0 spiro atoms. The van der Waals surface area contributed by atoms with Crippen molar-refractivity contribution in [2.75, 3.05) is 7.11 Å². The second kappa shape index (κ2) is 5.13. The van der Waals surface area contributed by atoms with E-state index in [1.54, 1.807) is 13.2 Å². The van der Waals surface area contributed by atoms with Crippen molar-refractivity contribution in [2.45, 2.75) is 13.5 Å². The van der Waals surface area contributed by atoms with Gasteiger partial charge >= 0.3 is 0 Å². The summed E-state index contributed by atoms with van der Waals surface area (Å²) in [4.78, 5) is 4.37. The SMILES string of the molecule is COc1ccc(Cn2nc(C)c3ccc(Cl)nc32)cc1. The number of benzene rings is 1. The molecule has 0 amide bonds. The number of aryl methyl sites for hydroxylation is 1. The molecule has 20 heavy (non-hydrogen) atoms. The monoisotopic (exact) mass is 287 g/mol. The van der Waals surface area contributed by atoms with Crippen molar-refractivity contribution >= 4 is 22.6 Å². The zero-order valence-corrected chi connectivity index (χ0v) is 12.1. The fourth-order valence-corrected chi connectivity index (χ4v) is 2.34. The predicted octanol–water partition coefficient (Wildman–Crippen LogP) is 3.45. The highest BCUT2D eigenvalue weighted by Crippen LogP contribution is 2.20. The maximum Gasteiger partial charge on any atom is 0.160 e. The molecule has 0 aliphatic rings. The molecule has 1 aromatic carbocycles. The van der Waals surface area contributed by atoms with Crippen LogP contribution in [0.2, 0.25) is 5.15 Å². The van der Waals surface area contributed by atoms with Gasteiger partial charge in [0.25, 0.3) is 0 Å². The Bertz CT molecular complexity index is 750. The van der Waals surface area contributed by atoms with Crippen molar-refractivity contribution in [1.82, 2.24) is 14.8 Å². The summed E-state index contributed by atoms with van der Waals surface area (Å²) < 4.78 is 7.03. The van der Waals surface area contributed by atoms with Gasteiger partial charge in [-0.2, -0.15) is 5.10 Å². The van der Waals surface area contributed by atoms with Gasteiger partial charge < -0.3 is 4.74 Å². The van der Waals surface area contributed by atoms with E-state index < -0.39 is 0 Å². The number of aromatic nitrogens is 3. The minimum absolute atomic E-state index is 0.480. The Morgan fingerprint density at radius 1 is 1.15 bits per heavy atom. The molecule has 0 saturated heterocycles. The summed E-state index contributed by atoms with van der Waals surface area (Å²) in [7, 11) is 1.66. The van der Waals surface area contributed by atoms with Gasteiger partial charge in [0.15, 0.2) is 5.65 Å². The number of ether oxygens (including phenoxy) is 1. The number of hydrogen-bond acceptors (Lipinski definition) is 3. The van der Waals surface area contributed by atoms with Crippen molar-refractivity contribution in [3.05, 3.63) is 52.8 Å². The van der Waals surface area contributed by atoms with Gasteiger partial charge in [-0.1, -0.05) is 23.7 Å². The number of nitrogens with zero attached hydrogens (tertiary/aromatic N) is 3. The lowest BCUT2D eigenvalue weighted by Gasteiger charge is -2.05. The normalized spacial score (nSPS) is 10.9. The van der Waals surface area contributed by atoms with Gasteiger partial charge in [0, 0.05) is 5.39 Å². The summed E-state index contributed by atoms with van der Waals surface area (Å²) in [6.07, 6.45) is 0. The fourth-order valence-electron chi connectivity index (χ4n) is 2.20. The Kier molecular flexibility index (Phi) is 3.32. The molecular formula is C15H14ClN3O. The highest BCUT2D eigenvalue weighted by molar-refractivity contribution is 6.29. The Balaban J connectivity index is 1.99. The van der Waals surface area contributed by atoms with Crippen LogP contribution in [-0.4, -0.2) is 21.9 Å². The molecule has 3 rings (SSSR count). The van der Waals surface area contributed by atoms with Crippen LogP contribution in [0.5, 0.6) is 5.75 Å². The molecule has 2 aromatic heterocycles. The van der Waals surface area contributed by atoms with Crippen LogP contribution in [-0.2, 0) is 6.54 Å². The highest BCUT2D eigenvalue weighted by Gasteiger charge is 2.09. The average molecular weight is 288 g/mol. The van der Waals surface area contributed by atoms with Gasteiger partial charge in [0.2, 0.25) is 0 Å². The van der Waals surface area contributed by atoms with Crippen LogP contribution in [0, 0.1) is 6.92 Å². The molecule has 4 nitrogen and oxygen atoms in total. The average Bonchev–Trinajstić information content (AvgIpc) is 2.76. The van der Waals surface area contributed by atoms with Crippen LogP contribution < -0.4 is 4.74 Å². The van der Waals surface area contributed by atoms with Gasteiger partial charge in [-0.3, -0.25) is 0 Å². The van der Waals surface area contributed by atoms with Crippen LogP contribution in [0.4, 0.5) is 0 Å². The Labute approximate surface area is 122 Å². The third-order valence-electron chi connectivity index (χ3n) is 3.24. The Morgan fingerprint density at radius 2 is 1.90 bits per heavy atom. The van der Waals surface area contributed by atoms with E-state index in [1.807, 2.05) is 41.9 Å². The first-order valence-electron chi connectivity index (χ1n) is 6.30. The first kappa shape index (κ1) is 12.9. The van der Waals surface area contributed by atoms with Gasteiger partial charge in [-0.05, 0) is 36.8 Å². The van der Waals surface area contributed by atoms with Crippen LogP contribution in [0.25, 0.3) is 11.0 Å². The summed E-state index contributed by atoms with van der Waals surface area (Å²) >= 11 is 5.97. The lowest BCUT2D eigenvalue weighted by atomic mass is 10.2. The lowest BCUT2D eigenvalue weighted by molar-refractivity contribution is 0.414. The van der Waals surface area contributed by atoms with Crippen molar-refractivity contribution < 1.29 is 4.74 Å². The van der Waals surface area contributed by atoms with Crippen LogP contribution in [0.1, 0.15) is 11.3 Å². The first-order valence-corrected chi connectivity index (χ1v) is 6.68. The number of fused-ring (bicyclic) bond motifs is 1. The quantitative estimate of drug-likeness (QED) is 0.693. The third-order valence-corrected chi connectivity index (χ3v) is 3.45. The minimum atomic E-state index is 0.480. The largest absolute Gasteiger partial charge is 0.497 e. The van der Waals surface area contributed by atoms with Crippen molar-refractivity contribution in [1.29, 1.82) is 0 Å². The molecular weight excluding hydrogens is 274 g/mol. The summed E-state index contributed by atoms with van der Waals surface area (Å²) in [5, 5.41) is 6.04. The standard InChI is InChI=1S/C15H14ClN3O/c1-10-13-7-8-14(16)17-15(13)19(18-10)9-11-3-5-12(20-2)6-4-11/h3-8H,9H2,1-2H3. The molecule has 0 fully saturated rings. The maximum atomic E-state index is 5.97. The van der Waals surface area contributed by atoms with Crippen molar-refractivity contribution in [3.8, 4) is 5.75 Å². The van der Waals surface area contributed by atoms with E-state index in [9.17, 15) is 0 Å². The zero-order chi connectivity index (χ0) is 14.1. The van der Waals surface area contributed by atoms with Crippen LogP contribution >= 0.6 is 11.6 Å². The van der Waals surface area contributed by atoms with Gasteiger partial charge in [-0.25, -0.2) is 9.67 Å². The molecule has 0 unspecified atom stereocenters. The summed E-state index contributed by atoms with van der Waals surface area (Å²) in [6.45, 7) is 2.63. The van der Waals surface area contributed by atoms with E-state index in [2.05, 4.69) is 10.1 Å². The Hall–Kier alpha value is -2.07. The number of hydrogen-bond donors (Lipinski definition) is 0. The molecule has 5 heteroatoms. The van der Waals surface area contributed by atoms with E-state index in [1.165, 1.54) is 0 Å². The number of halogens is 1. The second-order valence-electron chi connectivity index (χ2n) is 4.60. The predicted molar refractivity (Wildman–Crippen MR) is 79.4 cm³/mol. The molecule has 0 atom stereocenters. The van der Waals surface area contributed by atoms with Crippen molar-refractivity contribution in [3.63, 3.8) is 0 Å². The zero-order valence-electron chi connectivity index (χ0n) is 11.3. The third kappa shape index (κ3) is 2.34. The molecule has 0 radical (unpaired) electrons.